The topological polar surface area (TPSA) is 55.6 Å². The normalized spacial score (nSPS) is 20.8. The van der Waals surface area contributed by atoms with E-state index in [1.54, 1.807) is 6.07 Å². The van der Waals surface area contributed by atoms with Gasteiger partial charge in [0.25, 0.3) is 5.91 Å². The lowest BCUT2D eigenvalue weighted by atomic mass is 10.1. The Balaban J connectivity index is 2.48. The minimum Gasteiger partial charge on any atom is -0.395 e. The van der Waals surface area contributed by atoms with Crippen LogP contribution in [-0.4, -0.2) is 25.2 Å². The van der Waals surface area contributed by atoms with Crippen molar-refractivity contribution in [3.63, 3.8) is 0 Å². The fraction of sp³-hybridized carbons (Fsp3) is 0.364. The summed E-state index contributed by atoms with van der Waals surface area (Å²) >= 11 is 3.19. The molecular formula is C11H12BrFN2O2. The van der Waals surface area contributed by atoms with E-state index < -0.39 is 5.82 Å². The molecule has 0 bridgehead atoms. The van der Waals surface area contributed by atoms with Crippen LogP contribution in [0, 0.1) is 5.82 Å². The second-order valence-corrected chi connectivity index (χ2v) is 4.86. The van der Waals surface area contributed by atoms with E-state index in [-0.39, 0.29) is 24.2 Å². The molecule has 1 heterocycles. The Kier molecular flexibility index (Phi) is 3.35. The van der Waals surface area contributed by atoms with Crippen LogP contribution in [0.5, 0.6) is 0 Å². The van der Waals surface area contributed by atoms with Gasteiger partial charge in [0.1, 0.15) is 12.4 Å². The quantitative estimate of drug-likeness (QED) is 0.807. The van der Waals surface area contributed by atoms with E-state index >= 15 is 0 Å². The van der Waals surface area contributed by atoms with E-state index in [1.807, 2.05) is 6.92 Å². The van der Waals surface area contributed by atoms with Gasteiger partial charge < -0.3 is 15.4 Å². The molecule has 1 aromatic rings. The van der Waals surface area contributed by atoms with Crippen LogP contribution in [0.2, 0.25) is 0 Å². The van der Waals surface area contributed by atoms with E-state index in [4.69, 9.17) is 10.5 Å². The molecule has 4 nitrogen and oxygen atoms in total. The van der Waals surface area contributed by atoms with Crippen molar-refractivity contribution >= 4 is 33.2 Å². The van der Waals surface area contributed by atoms with Crippen LogP contribution >= 0.6 is 15.9 Å². The Bertz CT molecular complexity index is 467. The number of halogens is 2. The molecule has 2 N–H and O–H groups in total. The van der Waals surface area contributed by atoms with Crippen molar-refractivity contribution < 1.29 is 13.9 Å². The summed E-state index contributed by atoms with van der Waals surface area (Å²) in [6.07, 6.45) is 0. The summed E-state index contributed by atoms with van der Waals surface area (Å²) in [5, 5.41) is 0. The number of anilines is 2. The molecule has 1 aliphatic rings. The summed E-state index contributed by atoms with van der Waals surface area (Å²) in [5.74, 6) is -0.756. The van der Waals surface area contributed by atoms with E-state index in [0.29, 0.717) is 16.8 Å². The molecule has 17 heavy (non-hydrogen) atoms. The largest absolute Gasteiger partial charge is 0.395 e. The smallest absolute Gasteiger partial charge is 0.253 e. The molecule has 1 amide bonds. The van der Waals surface area contributed by atoms with Gasteiger partial charge in [-0.25, -0.2) is 4.39 Å². The highest BCUT2D eigenvalue weighted by Gasteiger charge is 2.29. The Morgan fingerprint density at radius 2 is 2.29 bits per heavy atom. The molecule has 0 radical (unpaired) electrons. The fourth-order valence-corrected chi connectivity index (χ4v) is 2.27. The van der Waals surface area contributed by atoms with Crippen molar-refractivity contribution in [1.82, 2.24) is 0 Å². The molecule has 0 aromatic heterocycles. The minimum absolute atomic E-state index is 0.00207. The molecule has 6 heteroatoms. The van der Waals surface area contributed by atoms with Crippen LogP contribution in [0.3, 0.4) is 0 Å². The van der Waals surface area contributed by atoms with Gasteiger partial charge in [-0.3, -0.25) is 4.79 Å². The van der Waals surface area contributed by atoms with Gasteiger partial charge in [-0.05, 0) is 19.1 Å². The number of amides is 1. The van der Waals surface area contributed by atoms with Crippen LogP contribution in [0.1, 0.15) is 6.92 Å². The predicted molar refractivity (Wildman–Crippen MR) is 66.3 cm³/mol. The van der Waals surface area contributed by atoms with Crippen LogP contribution in [0.15, 0.2) is 16.6 Å². The Labute approximate surface area is 107 Å². The van der Waals surface area contributed by atoms with Crippen molar-refractivity contribution in [2.24, 2.45) is 0 Å². The lowest BCUT2D eigenvalue weighted by Crippen LogP contribution is -2.48. The Morgan fingerprint density at radius 3 is 2.94 bits per heavy atom. The third-order valence-electron chi connectivity index (χ3n) is 2.63. The van der Waals surface area contributed by atoms with Crippen molar-refractivity contribution in [1.29, 1.82) is 0 Å². The molecule has 92 valence electrons. The molecule has 1 fully saturated rings. The number of carbonyl (C=O) groups is 1. The second kappa shape index (κ2) is 4.62. The van der Waals surface area contributed by atoms with Gasteiger partial charge in [-0.1, -0.05) is 15.9 Å². The molecular weight excluding hydrogens is 291 g/mol. The van der Waals surface area contributed by atoms with Crippen molar-refractivity contribution in [3.05, 3.63) is 22.4 Å². The van der Waals surface area contributed by atoms with Gasteiger partial charge in [0.05, 0.1) is 24.0 Å². The number of nitrogen functional groups attached to an aromatic ring is 1. The van der Waals surface area contributed by atoms with Gasteiger partial charge >= 0.3 is 0 Å². The number of hydrogen-bond donors (Lipinski definition) is 1. The minimum atomic E-state index is -0.541. The Hall–Kier alpha value is -1.14. The average Bonchev–Trinajstić information content (AvgIpc) is 2.24. The lowest BCUT2D eigenvalue weighted by Gasteiger charge is -2.34. The third-order valence-corrected chi connectivity index (χ3v) is 3.08. The van der Waals surface area contributed by atoms with E-state index in [9.17, 15) is 9.18 Å². The van der Waals surface area contributed by atoms with Crippen LogP contribution in [0.4, 0.5) is 15.8 Å². The maximum Gasteiger partial charge on any atom is 0.253 e. The van der Waals surface area contributed by atoms with Crippen molar-refractivity contribution in [2.45, 2.75) is 13.0 Å². The molecule has 2 rings (SSSR count). The zero-order chi connectivity index (χ0) is 12.6. The number of benzene rings is 1. The van der Waals surface area contributed by atoms with Crippen molar-refractivity contribution in [2.75, 3.05) is 23.8 Å². The van der Waals surface area contributed by atoms with Gasteiger partial charge in [0.15, 0.2) is 0 Å². The summed E-state index contributed by atoms with van der Waals surface area (Å²) in [5.41, 5.74) is 6.04. The van der Waals surface area contributed by atoms with E-state index in [0.717, 1.165) is 0 Å². The average molecular weight is 303 g/mol. The first kappa shape index (κ1) is 12.3. The zero-order valence-corrected chi connectivity index (χ0v) is 10.8. The van der Waals surface area contributed by atoms with Crippen LogP contribution in [-0.2, 0) is 9.53 Å². The standard InChI is InChI=1S/C11H12BrFN2O2/c1-6-4-17-5-10(16)15(6)9-3-7(12)2-8(13)11(9)14/h2-3,6H,4-5,14H2,1H3/t6-/m1/s1. The van der Waals surface area contributed by atoms with Gasteiger partial charge in [-0.2, -0.15) is 0 Å². The molecule has 0 unspecified atom stereocenters. The Morgan fingerprint density at radius 1 is 1.59 bits per heavy atom. The van der Waals surface area contributed by atoms with E-state index in [1.165, 1.54) is 11.0 Å². The van der Waals surface area contributed by atoms with Crippen LogP contribution < -0.4 is 10.6 Å². The number of nitrogens with zero attached hydrogens (tertiary/aromatic N) is 1. The van der Waals surface area contributed by atoms with Crippen LogP contribution in [0.25, 0.3) is 0 Å². The molecule has 1 saturated heterocycles. The number of rotatable bonds is 1. The summed E-state index contributed by atoms with van der Waals surface area (Å²) < 4.78 is 19.2. The maximum atomic E-state index is 13.5. The highest BCUT2D eigenvalue weighted by Crippen LogP contribution is 2.32. The van der Waals surface area contributed by atoms with E-state index in [2.05, 4.69) is 15.9 Å². The summed E-state index contributed by atoms with van der Waals surface area (Å²) in [6.45, 7) is 2.24. The van der Waals surface area contributed by atoms with Crippen molar-refractivity contribution in [3.8, 4) is 0 Å². The van der Waals surface area contributed by atoms with Gasteiger partial charge in [-0.15, -0.1) is 0 Å². The second-order valence-electron chi connectivity index (χ2n) is 3.95. The molecule has 1 aromatic carbocycles. The maximum absolute atomic E-state index is 13.5. The number of morpholine rings is 1. The SMILES string of the molecule is C[C@@H]1COCC(=O)N1c1cc(Br)cc(F)c1N. The van der Waals surface area contributed by atoms with Gasteiger partial charge in [0.2, 0.25) is 0 Å². The molecule has 0 aliphatic carbocycles. The molecule has 1 aliphatic heterocycles. The summed E-state index contributed by atoms with van der Waals surface area (Å²) in [7, 11) is 0. The number of hydrogen-bond acceptors (Lipinski definition) is 3. The highest BCUT2D eigenvalue weighted by atomic mass is 79.9. The number of ether oxygens (including phenoxy) is 1. The lowest BCUT2D eigenvalue weighted by molar-refractivity contribution is -0.127. The molecule has 0 spiro atoms. The van der Waals surface area contributed by atoms with Gasteiger partial charge in [0, 0.05) is 4.47 Å². The number of nitrogens with two attached hydrogens (primary N) is 1. The monoisotopic (exact) mass is 302 g/mol. The first-order valence-electron chi connectivity index (χ1n) is 5.15. The first-order valence-corrected chi connectivity index (χ1v) is 5.94. The highest BCUT2D eigenvalue weighted by molar-refractivity contribution is 9.10. The summed E-state index contributed by atoms with van der Waals surface area (Å²) in [4.78, 5) is 13.3. The zero-order valence-electron chi connectivity index (χ0n) is 9.24. The molecule has 0 saturated carbocycles. The number of carbonyl (C=O) groups excluding carboxylic acids is 1. The first-order chi connectivity index (χ1) is 8.00. The summed E-state index contributed by atoms with van der Waals surface area (Å²) in [6, 6.07) is 2.75. The molecule has 1 atom stereocenters. The predicted octanol–water partition coefficient (Wildman–Crippen LogP) is 1.92. The third kappa shape index (κ3) is 2.28. The fourth-order valence-electron chi connectivity index (χ4n) is 1.85.